The average molecular weight is 459 g/mol. The van der Waals surface area contributed by atoms with E-state index < -0.39 is 28.5 Å². The van der Waals surface area contributed by atoms with Gasteiger partial charge in [0.1, 0.15) is 0 Å². The fourth-order valence-corrected chi connectivity index (χ4v) is 3.61. The minimum Gasteiger partial charge on any atom is -0.456 e. The second kappa shape index (κ2) is 10.1. The first kappa shape index (κ1) is 23.2. The molecule has 1 atom stereocenters. The van der Waals surface area contributed by atoms with E-state index in [0.29, 0.717) is 22.0 Å². The van der Waals surface area contributed by atoms with E-state index in [9.17, 15) is 18.0 Å². The number of hydrogen-bond acceptors (Lipinski definition) is 5. The van der Waals surface area contributed by atoms with Crippen LogP contribution in [0.1, 0.15) is 30.5 Å². The number of rotatable bonds is 8. The number of amides is 1. The molecule has 0 radical (unpaired) electrons. The van der Waals surface area contributed by atoms with Crippen LogP contribution in [0.15, 0.2) is 47.4 Å². The largest absolute Gasteiger partial charge is 0.456 e. The third-order valence-electron chi connectivity index (χ3n) is 4.04. The van der Waals surface area contributed by atoms with Gasteiger partial charge in [-0.1, -0.05) is 41.4 Å². The molecule has 156 valence electrons. The number of nitrogens with two attached hydrogens (primary N) is 1. The summed E-state index contributed by atoms with van der Waals surface area (Å²) in [5.74, 6) is -1.01. The van der Waals surface area contributed by atoms with Gasteiger partial charge in [0, 0.05) is 16.5 Å². The Hall–Kier alpha value is -2.13. The van der Waals surface area contributed by atoms with Crippen molar-refractivity contribution in [2.45, 2.75) is 30.7 Å². The molecule has 0 saturated heterocycles. The van der Waals surface area contributed by atoms with E-state index >= 15 is 0 Å². The maximum atomic E-state index is 12.0. The van der Waals surface area contributed by atoms with Gasteiger partial charge in [-0.2, -0.15) is 0 Å². The normalized spacial score (nSPS) is 12.3. The van der Waals surface area contributed by atoms with Gasteiger partial charge in [-0.25, -0.2) is 13.6 Å². The molecule has 0 fully saturated rings. The van der Waals surface area contributed by atoms with Crippen LogP contribution in [0, 0.1) is 0 Å². The van der Waals surface area contributed by atoms with Gasteiger partial charge in [0.15, 0.2) is 6.61 Å². The lowest BCUT2D eigenvalue weighted by molar-refractivity contribution is -0.148. The molecule has 3 N–H and O–H groups in total. The molecule has 0 heterocycles. The lowest BCUT2D eigenvalue weighted by Gasteiger charge is -2.16. The van der Waals surface area contributed by atoms with E-state index in [1.165, 1.54) is 12.1 Å². The van der Waals surface area contributed by atoms with Crippen molar-refractivity contribution in [1.29, 1.82) is 0 Å². The molecule has 7 nitrogen and oxygen atoms in total. The Balaban J connectivity index is 1.77. The van der Waals surface area contributed by atoms with E-state index in [4.69, 9.17) is 33.1 Å². The molecule has 10 heteroatoms. The Bertz CT molecular complexity index is 994. The van der Waals surface area contributed by atoms with Crippen molar-refractivity contribution < 1.29 is 22.7 Å². The van der Waals surface area contributed by atoms with E-state index in [1.807, 2.05) is 0 Å². The summed E-state index contributed by atoms with van der Waals surface area (Å²) in [6.07, 6.45) is 0.378. The van der Waals surface area contributed by atoms with Gasteiger partial charge in [-0.3, -0.25) is 9.59 Å². The second-order valence-corrected chi connectivity index (χ2v) is 8.71. The van der Waals surface area contributed by atoms with Crippen LogP contribution >= 0.6 is 23.2 Å². The van der Waals surface area contributed by atoms with Gasteiger partial charge in [0.25, 0.3) is 5.91 Å². The Labute approximate surface area is 179 Å². The van der Waals surface area contributed by atoms with E-state index in [0.717, 1.165) is 5.56 Å². The number of ether oxygens (including phenoxy) is 1. The van der Waals surface area contributed by atoms with Gasteiger partial charge in [-0.15, -0.1) is 0 Å². The van der Waals surface area contributed by atoms with Crippen LogP contribution in [0.3, 0.4) is 0 Å². The van der Waals surface area contributed by atoms with Crippen LogP contribution in [-0.4, -0.2) is 26.9 Å². The van der Waals surface area contributed by atoms with Crippen LogP contribution in [0.25, 0.3) is 0 Å². The Morgan fingerprint density at radius 2 is 1.79 bits per heavy atom. The van der Waals surface area contributed by atoms with Crippen LogP contribution in [0.4, 0.5) is 0 Å². The van der Waals surface area contributed by atoms with Crippen molar-refractivity contribution in [2.75, 3.05) is 6.61 Å². The molecule has 0 spiro atoms. The zero-order chi connectivity index (χ0) is 21.6. The fraction of sp³-hybridized carbons (Fsp3) is 0.263. The van der Waals surface area contributed by atoms with Crippen LogP contribution in [-0.2, 0) is 30.8 Å². The van der Waals surface area contributed by atoms with Gasteiger partial charge in [0.05, 0.1) is 10.9 Å². The van der Waals surface area contributed by atoms with Crippen LogP contribution < -0.4 is 10.5 Å². The lowest BCUT2D eigenvalue weighted by atomic mass is 10.1. The summed E-state index contributed by atoms with van der Waals surface area (Å²) in [5, 5.41) is 8.64. The van der Waals surface area contributed by atoms with Gasteiger partial charge < -0.3 is 10.1 Å². The highest BCUT2D eigenvalue weighted by Crippen LogP contribution is 2.26. The minimum atomic E-state index is -3.75. The third kappa shape index (κ3) is 7.32. The smallest absolute Gasteiger partial charge is 0.306 e. The molecule has 0 aromatic heterocycles. The van der Waals surface area contributed by atoms with Crippen LogP contribution in [0.2, 0.25) is 10.0 Å². The topological polar surface area (TPSA) is 116 Å². The number of primary sulfonamides is 1. The van der Waals surface area contributed by atoms with Crippen molar-refractivity contribution in [3.05, 3.63) is 63.6 Å². The number of carbonyl (C=O) groups excluding carboxylic acids is 2. The summed E-state index contributed by atoms with van der Waals surface area (Å²) in [7, 11) is -3.75. The highest BCUT2D eigenvalue weighted by atomic mass is 35.5. The highest BCUT2D eigenvalue weighted by Gasteiger charge is 2.15. The maximum absolute atomic E-state index is 12.0. The molecule has 0 aliphatic carbocycles. The third-order valence-corrected chi connectivity index (χ3v) is 5.53. The summed E-state index contributed by atoms with van der Waals surface area (Å²) >= 11 is 12.0. The molecule has 29 heavy (non-hydrogen) atoms. The first-order valence-electron chi connectivity index (χ1n) is 8.58. The quantitative estimate of drug-likeness (QED) is 0.589. The molecular weight excluding hydrogens is 439 g/mol. The molecule has 2 rings (SSSR count). The van der Waals surface area contributed by atoms with Gasteiger partial charge in [-0.05, 0) is 48.7 Å². The maximum Gasteiger partial charge on any atom is 0.306 e. The summed E-state index contributed by atoms with van der Waals surface area (Å²) < 4.78 is 27.4. The SMILES string of the molecule is CC(NC(=O)COC(=O)CCc1ccc(S(N)(=O)=O)cc1)c1ccc(Cl)cc1Cl. The van der Waals surface area contributed by atoms with E-state index in [1.54, 1.807) is 37.3 Å². The first-order valence-corrected chi connectivity index (χ1v) is 10.9. The van der Waals surface area contributed by atoms with Crippen molar-refractivity contribution >= 4 is 45.1 Å². The number of sulfonamides is 1. The zero-order valence-electron chi connectivity index (χ0n) is 15.5. The number of nitrogens with one attached hydrogen (secondary N) is 1. The number of halogens is 2. The minimum absolute atomic E-state index is 0.00425. The van der Waals surface area contributed by atoms with Gasteiger partial charge >= 0.3 is 5.97 Å². The fourth-order valence-electron chi connectivity index (χ4n) is 2.52. The molecule has 2 aromatic carbocycles. The monoisotopic (exact) mass is 458 g/mol. The molecule has 0 bridgehead atoms. The van der Waals surface area contributed by atoms with Crippen molar-refractivity contribution in [3.63, 3.8) is 0 Å². The number of aryl methyl sites for hydroxylation is 1. The van der Waals surface area contributed by atoms with Crippen molar-refractivity contribution in [3.8, 4) is 0 Å². The summed E-state index contributed by atoms with van der Waals surface area (Å²) in [4.78, 5) is 23.8. The predicted octanol–water partition coefficient (Wildman–Crippen LogP) is 2.99. The number of carbonyl (C=O) groups is 2. The Morgan fingerprint density at radius 1 is 1.14 bits per heavy atom. The molecule has 1 amide bonds. The molecule has 0 saturated carbocycles. The molecular formula is C19H20Cl2N2O5S. The first-order chi connectivity index (χ1) is 13.6. The molecule has 0 aliphatic rings. The Kier molecular flexibility index (Phi) is 8.04. The summed E-state index contributed by atoms with van der Waals surface area (Å²) in [5.41, 5.74) is 1.43. The van der Waals surface area contributed by atoms with Gasteiger partial charge in [0.2, 0.25) is 10.0 Å². The number of benzene rings is 2. The lowest BCUT2D eigenvalue weighted by Crippen LogP contribution is -2.31. The predicted molar refractivity (Wildman–Crippen MR) is 110 cm³/mol. The average Bonchev–Trinajstić information content (AvgIpc) is 2.64. The van der Waals surface area contributed by atoms with Crippen LogP contribution in [0.5, 0.6) is 0 Å². The summed E-state index contributed by atoms with van der Waals surface area (Å²) in [6.45, 7) is 1.33. The molecule has 0 aliphatic heterocycles. The second-order valence-electron chi connectivity index (χ2n) is 6.30. The molecule has 1 unspecified atom stereocenters. The van der Waals surface area contributed by atoms with Crippen molar-refractivity contribution in [2.24, 2.45) is 5.14 Å². The van der Waals surface area contributed by atoms with E-state index in [2.05, 4.69) is 5.32 Å². The summed E-state index contributed by atoms with van der Waals surface area (Å²) in [6, 6.07) is 10.4. The number of esters is 1. The Morgan fingerprint density at radius 3 is 2.38 bits per heavy atom. The van der Waals surface area contributed by atoms with Crippen molar-refractivity contribution in [1.82, 2.24) is 5.32 Å². The standard InChI is InChI=1S/C19H20Cl2N2O5S/c1-12(16-8-5-14(20)10-17(16)21)23-18(24)11-28-19(25)9-4-13-2-6-15(7-3-13)29(22,26)27/h2-3,5-8,10,12H,4,9,11H2,1H3,(H,23,24)(H2,22,26,27). The van der Waals surface area contributed by atoms with E-state index in [-0.39, 0.29) is 17.4 Å². The molecule has 2 aromatic rings. The zero-order valence-corrected chi connectivity index (χ0v) is 17.9. The number of hydrogen-bond donors (Lipinski definition) is 2. The highest BCUT2D eigenvalue weighted by molar-refractivity contribution is 7.89.